The summed E-state index contributed by atoms with van der Waals surface area (Å²) >= 11 is 0. The Balaban J connectivity index is 5.15. The highest BCUT2D eigenvalue weighted by atomic mass is 16.6. The van der Waals surface area contributed by atoms with E-state index >= 15 is 0 Å². The SMILES string of the molecule is C=C=CC(O)(CO)C(=O)OC(=O)C(O)(C=C=C)CO. The molecule has 0 spiro atoms. The molecule has 0 rings (SSSR count). The van der Waals surface area contributed by atoms with Gasteiger partial charge in [0.15, 0.2) is 0 Å². The highest BCUT2D eigenvalue weighted by Gasteiger charge is 2.42. The third-order valence-electron chi connectivity index (χ3n) is 2.06. The molecule has 0 aliphatic rings. The molecule has 7 heteroatoms. The molecule has 0 radical (unpaired) electrons. The zero-order valence-electron chi connectivity index (χ0n) is 10.00. The van der Waals surface area contributed by atoms with Gasteiger partial charge in [-0.05, 0) is 0 Å². The molecule has 0 amide bonds. The van der Waals surface area contributed by atoms with Gasteiger partial charge in [0.1, 0.15) is 0 Å². The predicted octanol–water partition coefficient (Wildman–Crippen LogP) is -1.81. The van der Waals surface area contributed by atoms with Crippen molar-refractivity contribution in [3.63, 3.8) is 0 Å². The lowest BCUT2D eigenvalue weighted by atomic mass is 10.0. The summed E-state index contributed by atoms with van der Waals surface area (Å²) in [5.41, 5.74) is -0.940. The summed E-state index contributed by atoms with van der Waals surface area (Å²) in [6.07, 6.45) is 1.37. The molecule has 0 aliphatic carbocycles. The van der Waals surface area contributed by atoms with E-state index in [1.807, 2.05) is 0 Å². The zero-order valence-corrected chi connectivity index (χ0v) is 10.00. The van der Waals surface area contributed by atoms with Gasteiger partial charge in [0.2, 0.25) is 11.2 Å². The van der Waals surface area contributed by atoms with Crippen molar-refractivity contribution in [2.75, 3.05) is 13.2 Å². The molecule has 0 fully saturated rings. The largest absolute Gasteiger partial charge is 0.392 e. The van der Waals surface area contributed by atoms with Crippen LogP contribution in [0.3, 0.4) is 0 Å². The van der Waals surface area contributed by atoms with E-state index in [9.17, 15) is 19.8 Å². The lowest BCUT2D eigenvalue weighted by molar-refractivity contribution is -0.182. The van der Waals surface area contributed by atoms with Crippen LogP contribution in [0.25, 0.3) is 0 Å². The van der Waals surface area contributed by atoms with Gasteiger partial charge in [0.25, 0.3) is 0 Å². The van der Waals surface area contributed by atoms with Crippen LogP contribution in [0.15, 0.2) is 36.8 Å². The van der Waals surface area contributed by atoms with Gasteiger partial charge in [0, 0.05) is 12.2 Å². The van der Waals surface area contributed by atoms with E-state index in [0.717, 1.165) is 0 Å². The summed E-state index contributed by atoms with van der Waals surface area (Å²) in [7, 11) is 0. The van der Waals surface area contributed by atoms with Crippen LogP contribution in [0.5, 0.6) is 0 Å². The molecule has 0 saturated heterocycles. The predicted molar refractivity (Wildman–Crippen MR) is 62.6 cm³/mol. The second-order valence-electron chi connectivity index (χ2n) is 3.54. The van der Waals surface area contributed by atoms with Crippen molar-refractivity contribution in [1.82, 2.24) is 0 Å². The quantitative estimate of drug-likeness (QED) is 0.254. The summed E-state index contributed by atoms with van der Waals surface area (Å²) in [6, 6.07) is 0. The summed E-state index contributed by atoms with van der Waals surface area (Å²) in [4.78, 5) is 22.9. The normalized spacial score (nSPS) is 16.0. The van der Waals surface area contributed by atoms with Crippen LogP contribution in [0, 0.1) is 0 Å². The monoisotopic (exact) mass is 270 g/mol. The lowest BCUT2D eigenvalue weighted by Crippen LogP contribution is -2.48. The molecule has 19 heavy (non-hydrogen) atoms. The third-order valence-corrected chi connectivity index (χ3v) is 2.06. The van der Waals surface area contributed by atoms with Crippen molar-refractivity contribution in [3.8, 4) is 0 Å². The Hall–Kier alpha value is -1.98. The minimum Gasteiger partial charge on any atom is -0.392 e. The number of hydrogen-bond donors (Lipinski definition) is 4. The molecule has 0 aliphatic heterocycles. The van der Waals surface area contributed by atoms with E-state index in [-0.39, 0.29) is 0 Å². The number of hydrogen-bond acceptors (Lipinski definition) is 7. The molecule has 0 bridgehead atoms. The van der Waals surface area contributed by atoms with E-state index < -0.39 is 36.4 Å². The fourth-order valence-corrected chi connectivity index (χ4v) is 0.937. The number of aliphatic hydroxyl groups excluding tert-OH is 2. The first-order valence-corrected chi connectivity index (χ1v) is 4.97. The zero-order chi connectivity index (χ0) is 15.1. The number of ether oxygens (including phenoxy) is 1. The molecule has 0 aromatic heterocycles. The van der Waals surface area contributed by atoms with Gasteiger partial charge in [-0.3, -0.25) is 0 Å². The first-order chi connectivity index (χ1) is 8.79. The Morgan fingerprint density at radius 1 is 1.00 bits per heavy atom. The van der Waals surface area contributed by atoms with Crippen LogP contribution in [0.4, 0.5) is 0 Å². The molecule has 4 N–H and O–H groups in total. The van der Waals surface area contributed by atoms with Crippen molar-refractivity contribution in [2.45, 2.75) is 11.2 Å². The first-order valence-electron chi connectivity index (χ1n) is 4.97. The van der Waals surface area contributed by atoms with Gasteiger partial charge >= 0.3 is 11.9 Å². The van der Waals surface area contributed by atoms with Gasteiger partial charge in [-0.25, -0.2) is 9.59 Å². The van der Waals surface area contributed by atoms with Crippen molar-refractivity contribution >= 4 is 11.9 Å². The molecular weight excluding hydrogens is 256 g/mol. The highest BCUT2D eigenvalue weighted by Crippen LogP contribution is 2.13. The summed E-state index contributed by atoms with van der Waals surface area (Å²) in [5.74, 6) is -3.11. The van der Waals surface area contributed by atoms with Gasteiger partial charge in [-0.15, -0.1) is 11.5 Å². The van der Waals surface area contributed by atoms with E-state index in [4.69, 9.17) is 10.2 Å². The Bertz CT molecular complexity index is 415. The van der Waals surface area contributed by atoms with Crippen molar-refractivity contribution < 1.29 is 34.8 Å². The Morgan fingerprint density at radius 2 is 1.32 bits per heavy atom. The van der Waals surface area contributed by atoms with E-state index in [2.05, 4.69) is 29.4 Å². The van der Waals surface area contributed by atoms with Crippen LogP contribution in [0.2, 0.25) is 0 Å². The number of carbonyl (C=O) groups excluding carboxylic acids is 2. The molecule has 0 aromatic rings. The average Bonchev–Trinajstić information content (AvgIpc) is 2.38. The number of carbonyl (C=O) groups is 2. The van der Waals surface area contributed by atoms with Gasteiger partial charge < -0.3 is 25.2 Å². The maximum absolute atomic E-state index is 11.5. The second kappa shape index (κ2) is 6.82. The Morgan fingerprint density at radius 3 is 1.53 bits per heavy atom. The maximum Gasteiger partial charge on any atom is 0.353 e. The van der Waals surface area contributed by atoms with Crippen LogP contribution in [-0.4, -0.2) is 56.8 Å². The molecule has 104 valence electrons. The maximum atomic E-state index is 11.5. The van der Waals surface area contributed by atoms with Gasteiger partial charge in [-0.1, -0.05) is 13.2 Å². The number of aliphatic hydroxyl groups is 4. The number of esters is 2. The van der Waals surface area contributed by atoms with Gasteiger partial charge in [0.05, 0.1) is 13.2 Å². The molecule has 7 nitrogen and oxygen atoms in total. The topological polar surface area (TPSA) is 124 Å². The average molecular weight is 270 g/mol. The van der Waals surface area contributed by atoms with Crippen LogP contribution in [0.1, 0.15) is 0 Å². The number of rotatable bonds is 6. The highest BCUT2D eigenvalue weighted by molar-refractivity contribution is 5.95. The Labute approximate surface area is 109 Å². The molecule has 0 aromatic carbocycles. The summed E-state index contributed by atoms with van der Waals surface area (Å²) in [5, 5.41) is 36.9. The fraction of sp³-hybridized carbons (Fsp3) is 0.333. The molecule has 2 unspecified atom stereocenters. The van der Waals surface area contributed by atoms with E-state index in [1.54, 1.807) is 0 Å². The smallest absolute Gasteiger partial charge is 0.353 e. The minimum atomic E-state index is -2.52. The van der Waals surface area contributed by atoms with Crippen molar-refractivity contribution in [2.24, 2.45) is 0 Å². The summed E-state index contributed by atoms with van der Waals surface area (Å²) < 4.78 is 4.17. The van der Waals surface area contributed by atoms with Crippen molar-refractivity contribution in [1.29, 1.82) is 0 Å². The Kier molecular flexibility index (Phi) is 6.11. The van der Waals surface area contributed by atoms with Crippen molar-refractivity contribution in [3.05, 3.63) is 36.8 Å². The van der Waals surface area contributed by atoms with E-state index in [0.29, 0.717) is 12.2 Å². The second-order valence-corrected chi connectivity index (χ2v) is 3.54. The lowest BCUT2D eigenvalue weighted by Gasteiger charge is -2.22. The van der Waals surface area contributed by atoms with Crippen LogP contribution >= 0.6 is 0 Å². The van der Waals surface area contributed by atoms with Gasteiger partial charge in [-0.2, -0.15) is 0 Å². The standard InChI is InChI=1S/C12H14O7/c1-3-5-11(17,7-13)9(15)19-10(16)12(18,8-14)6-4-2/h5-6,13-14,17-18H,1-2,7-8H2. The first kappa shape index (κ1) is 17.0. The van der Waals surface area contributed by atoms with E-state index in [1.165, 1.54) is 0 Å². The molecule has 2 atom stereocenters. The summed E-state index contributed by atoms with van der Waals surface area (Å²) in [6.45, 7) is 4.01. The fourth-order valence-electron chi connectivity index (χ4n) is 0.937. The minimum absolute atomic E-state index is 0.684. The molecule has 0 heterocycles. The molecule has 0 saturated carbocycles. The third kappa shape index (κ3) is 4.01. The van der Waals surface area contributed by atoms with Crippen LogP contribution < -0.4 is 0 Å². The molecular formula is C12H14O7. The van der Waals surface area contributed by atoms with Crippen LogP contribution in [-0.2, 0) is 14.3 Å².